The van der Waals surface area contributed by atoms with Crippen molar-refractivity contribution >= 4 is 40.0 Å². The van der Waals surface area contributed by atoms with Crippen LogP contribution in [-0.4, -0.2) is 36.1 Å². The normalized spacial score (nSPS) is 11.5. The lowest BCUT2D eigenvalue weighted by Gasteiger charge is -2.09. The van der Waals surface area contributed by atoms with Crippen molar-refractivity contribution in [3.8, 4) is 5.75 Å². The summed E-state index contributed by atoms with van der Waals surface area (Å²) in [6.07, 6.45) is 1.46. The van der Waals surface area contributed by atoms with E-state index in [0.29, 0.717) is 21.4 Å². The molecule has 1 amide bonds. The largest absolute Gasteiger partial charge is 0.495 e. The third-order valence-corrected chi connectivity index (χ3v) is 4.46. The van der Waals surface area contributed by atoms with Crippen LogP contribution in [0.5, 0.6) is 5.75 Å². The number of carbonyl (C=O) groups is 2. The molecule has 0 fully saturated rings. The number of anilines is 1. The van der Waals surface area contributed by atoms with Gasteiger partial charge in [0.05, 0.1) is 33.4 Å². The molecule has 6 nitrogen and oxygen atoms in total. The minimum Gasteiger partial charge on any atom is -0.495 e. The third kappa shape index (κ3) is 5.04. The van der Waals surface area contributed by atoms with Crippen LogP contribution in [0.3, 0.4) is 0 Å². The Bertz CT molecular complexity index is 824. The Hall–Kier alpha value is -2.38. The van der Waals surface area contributed by atoms with Gasteiger partial charge in [-0.1, -0.05) is 23.7 Å². The van der Waals surface area contributed by atoms with Crippen molar-refractivity contribution in [2.24, 2.45) is 0 Å². The Morgan fingerprint density at radius 2 is 1.92 bits per heavy atom. The van der Waals surface area contributed by atoms with Crippen molar-refractivity contribution in [3.63, 3.8) is 0 Å². The van der Waals surface area contributed by atoms with Gasteiger partial charge in [-0.15, -0.1) is 0 Å². The zero-order valence-electron chi connectivity index (χ0n) is 13.6. The van der Waals surface area contributed by atoms with Crippen molar-refractivity contribution in [3.05, 3.63) is 53.1 Å². The fourth-order valence-electron chi connectivity index (χ4n) is 2.04. The van der Waals surface area contributed by atoms with Crippen LogP contribution in [0, 0.1) is 0 Å². The van der Waals surface area contributed by atoms with E-state index in [1.54, 1.807) is 30.3 Å². The molecule has 0 radical (unpaired) electrons. The van der Waals surface area contributed by atoms with E-state index in [1.807, 2.05) is 0 Å². The van der Waals surface area contributed by atoms with Gasteiger partial charge in [-0.25, -0.2) is 4.79 Å². The molecule has 0 aliphatic carbocycles. The lowest BCUT2D eigenvalue weighted by Crippen LogP contribution is -2.21. The van der Waals surface area contributed by atoms with Crippen molar-refractivity contribution in [1.29, 1.82) is 0 Å². The van der Waals surface area contributed by atoms with Crippen LogP contribution < -0.4 is 10.1 Å². The van der Waals surface area contributed by atoms with Crippen molar-refractivity contribution in [2.45, 2.75) is 4.90 Å². The van der Waals surface area contributed by atoms with Crippen LogP contribution in [0.15, 0.2) is 47.4 Å². The van der Waals surface area contributed by atoms with E-state index in [1.165, 1.54) is 25.5 Å². The number of ether oxygens (including phenoxy) is 2. The molecule has 1 atom stereocenters. The van der Waals surface area contributed by atoms with E-state index >= 15 is 0 Å². The zero-order chi connectivity index (χ0) is 18.4. The molecule has 0 aliphatic rings. The van der Waals surface area contributed by atoms with E-state index in [0.717, 1.165) is 0 Å². The maximum Gasteiger partial charge on any atom is 0.339 e. The second kappa shape index (κ2) is 8.64. The van der Waals surface area contributed by atoms with Gasteiger partial charge in [-0.3, -0.25) is 9.00 Å². The molecular weight excluding hydrogens is 366 g/mol. The molecule has 0 aliphatic heterocycles. The van der Waals surface area contributed by atoms with Crippen LogP contribution in [0.25, 0.3) is 0 Å². The second-order valence-electron chi connectivity index (χ2n) is 4.92. The number of hydrogen-bond acceptors (Lipinski definition) is 5. The summed E-state index contributed by atoms with van der Waals surface area (Å²) in [5.41, 5.74) is 0.616. The monoisotopic (exact) mass is 381 g/mol. The minimum absolute atomic E-state index is 0.170. The number of amides is 1. The maximum atomic E-state index is 12.1. The average Bonchev–Trinajstić information content (AvgIpc) is 2.59. The van der Waals surface area contributed by atoms with Gasteiger partial charge in [0.2, 0.25) is 0 Å². The van der Waals surface area contributed by atoms with Crippen molar-refractivity contribution < 1.29 is 23.3 Å². The second-order valence-corrected chi connectivity index (χ2v) is 6.68. The van der Waals surface area contributed by atoms with Gasteiger partial charge < -0.3 is 14.8 Å². The Morgan fingerprint density at radius 1 is 1.20 bits per heavy atom. The fourth-order valence-corrected chi connectivity index (χ4v) is 3.02. The lowest BCUT2D eigenvalue weighted by molar-refractivity contribution is -0.119. The summed E-state index contributed by atoms with van der Waals surface area (Å²) >= 11 is 5.98. The Morgan fingerprint density at radius 3 is 2.56 bits per heavy atom. The molecule has 0 unspecified atom stereocenters. The SMILES string of the molecule is COc1ccc(NC(=O)COC(=O)c2ccccc2[S@@](C)=O)cc1Cl. The van der Waals surface area contributed by atoms with E-state index in [2.05, 4.69) is 5.32 Å². The first-order valence-electron chi connectivity index (χ1n) is 7.15. The van der Waals surface area contributed by atoms with E-state index < -0.39 is 29.3 Å². The first kappa shape index (κ1) is 19.0. The minimum atomic E-state index is -1.34. The van der Waals surface area contributed by atoms with Crippen LogP contribution in [0.4, 0.5) is 5.69 Å². The van der Waals surface area contributed by atoms with Gasteiger partial charge in [0.25, 0.3) is 5.91 Å². The van der Waals surface area contributed by atoms with E-state index in [9.17, 15) is 13.8 Å². The van der Waals surface area contributed by atoms with Crippen LogP contribution in [0.1, 0.15) is 10.4 Å². The summed E-state index contributed by atoms with van der Waals surface area (Å²) in [6, 6.07) is 11.1. The molecule has 0 spiro atoms. The predicted octanol–water partition coefficient (Wildman–Crippen LogP) is 2.88. The summed E-state index contributed by atoms with van der Waals surface area (Å²) in [5.74, 6) is -0.756. The molecule has 2 aromatic rings. The number of halogens is 1. The topological polar surface area (TPSA) is 81.7 Å². The summed E-state index contributed by atoms with van der Waals surface area (Å²) in [5, 5.41) is 2.91. The highest BCUT2D eigenvalue weighted by Gasteiger charge is 2.16. The zero-order valence-corrected chi connectivity index (χ0v) is 15.1. The molecule has 0 heterocycles. The number of esters is 1. The standard InChI is InChI=1S/C17H16ClNO5S/c1-23-14-8-7-11(9-13(14)18)19-16(20)10-24-17(21)12-5-3-4-6-15(12)25(2)22/h3-9H,10H2,1-2H3,(H,19,20)/t25-/m1/s1. The van der Waals surface area contributed by atoms with Gasteiger partial charge in [-0.05, 0) is 30.3 Å². The van der Waals surface area contributed by atoms with Crippen LogP contribution >= 0.6 is 11.6 Å². The summed E-state index contributed by atoms with van der Waals surface area (Å²) in [6.45, 7) is -0.479. The predicted molar refractivity (Wildman–Crippen MR) is 95.7 cm³/mol. The van der Waals surface area contributed by atoms with Gasteiger partial charge in [0.1, 0.15) is 5.75 Å². The molecule has 0 saturated heterocycles. The molecule has 0 aromatic heterocycles. The highest BCUT2D eigenvalue weighted by Crippen LogP contribution is 2.27. The molecule has 25 heavy (non-hydrogen) atoms. The number of hydrogen-bond donors (Lipinski definition) is 1. The van der Waals surface area contributed by atoms with Crippen molar-refractivity contribution in [2.75, 3.05) is 25.3 Å². The highest BCUT2D eigenvalue weighted by molar-refractivity contribution is 7.84. The molecular formula is C17H16ClNO5S. The Labute approximate surface area is 152 Å². The Balaban J connectivity index is 1.97. The van der Waals surface area contributed by atoms with Gasteiger partial charge in [-0.2, -0.15) is 0 Å². The van der Waals surface area contributed by atoms with Crippen LogP contribution in [-0.2, 0) is 20.3 Å². The van der Waals surface area contributed by atoms with Crippen LogP contribution in [0.2, 0.25) is 5.02 Å². The molecule has 0 saturated carbocycles. The summed E-state index contributed by atoms with van der Waals surface area (Å²) in [7, 11) is 0.146. The fraction of sp³-hybridized carbons (Fsp3) is 0.176. The summed E-state index contributed by atoms with van der Waals surface area (Å²) in [4.78, 5) is 24.4. The molecule has 0 bridgehead atoms. The van der Waals surface area contributed by atoms with Crippen molar-refractivity contribution in [1.82, 2.24) is 0 Å². The van der Waals surface area contributed by atoms with Gasteiger partial charge in [0, 0.05) is 11.9 Å². The highest BCUT2D eigenvalue weighted by atomic mass is 35.5. The molecule has 1 N–H and O–H groups in total. The molecule has 2 rings (SSSR count). The third-order valence-electron chi connectivity index (χ3n) is 3.19. The number of nitrogens with one attached hydrogen (secondary N) is 1. The van der Waals surface area contributed by atoms with E-state index in [4.69, 9.17) is 21.1 Å². The number of carbonyl (C=O) groups excluding carboxylic acids is 2. The smallest absolute Gasteiger partial charge is 0.339 e. The van der Waals surface area contributed by atoms with Gasteiger partial charge in [0.15, 0.2) is 6.61 Å². The first-order valence-corrected chi connectivity index (χ1v) is 9.09. The van der Waals surface area contributed by atoms with E-state index in [-0.39, 0.29) is 5.56 Å². The molecule has 8 heteroatoms. The summed E-state index contributed by atoms with van der Waals surface area (Å²) < 4.78 is 21.6. The number of rotatable bonds is 6. The molecule has 2 aromatic carbocycles. The molecule has 132 valence electrons. The first-order chi connectivity index (χ1) is 11.9. The number of methoxy groups -OCH3 is 1. The maximum absolute atomic E-state index is 12.1. The quantitative estimate of drug-likeness (QED) is 0.778. The number of benzene rings is 2. The van der Waals surface area contributed by atoms with Gasteiger partial charge >= 0.3 is 5.97 Å². The Kier molecular flexibility index (Phi) is 6.55. The lowest BCUT2D eigenvalue weighted by atomic mass is 10.2. The average molecular weight is 382 g/mol.